The summed E-state index contributed by atoms with van der Waals surface area (Å²) in [6.07, 6.45) is 14.9. The lowest BCUT2D eigenvalue weighted by Gasteiger charge is -2.63. The molecule has 5 aliphatic carbocycles. The van der Waals surface area contributed by atoms with Crippen molar-refractivity contribution in [2.45, 2.75) is 118 Å². The molecule has 0 radical (unpaired) electrons. The largest absolute Gasteiger partial charge is 0.462 e. The van der Waals surface area contributed by atoms with Crippen molar-refractivity contribution in [1.82, 2.24) is 0 Å². The van der Waals surface area contributed by atoms with E-state index in [1.165, 1.54) is 51.4 Å². The molecule has 5 aliphatic rings. The van der Waals surface area contributed by atoms with Gasteiger partial charge in [0.25, 0.3) is 0 Å². The lowest BCUT2D eigenvalue weighted by atomic mass is 9.41. The Bertz CT molecular complexity index is 802. The molecule has 3 heteroatoms. The van der Waals surface area contributed by atoms with E-state index >= 15 is 0 Å². The molecule has 0 amide bonds. The van der Waals surface area contributed by atoms with Gasteiger partial charge in [-0.1, -0.05) is 34.6 Å². The molecule has 32 heavy (non-hydrogen) atoms. The molecule has 0 aromatic heterocycles. The van der Waals surface area contributed by atoms with Crippen molar-refractivity contribution in [3.05, 3.63) is 0 Å². The molecule has 0 heterocycles. The summed E-state index contributed by atoms with van der Waals surface area (Å²) in [5.74, 6) is 2.87. The van der Waals surface area contributed by atoms with Gasteiger partial charge in [-0.15, -0.1) is 0 Å². The zero-order valence-electron chi connectivity index (χ0n) is 21.5. The molecule has 0 saturated heterocycles. The van der Waals surface area contributed by atoms with Crippen molar-refractivity contribution in [2.75, 3.05) is 0 Å². The van der Waals surface area contributed by atoms with E-state index < -0.39 is 0 Å². The van der Waals surface area contributed by atoms with Gasteiger partial charge in [0, 0.05) is 18.8 Å². The molecule has 5 fully saturated rings. The Balaban J connectivity index is 1.43. The zero-order valence-corrected chi connectivity index (χ0v) is 21.5. The Morgan fingerprint density at radius 3 is 2.31 bits per heavy atom. The third kappa shape index (κ3) is 2.66. The number of hydrogen-bond acceptors (Lipinski definition) is 3. The van der Waals surface area contributed by atoms with Crippen LogP contribution in [0.4, 0.5) is 0 Å². The first-order chi connectivity index (χ1) is 15.0. The zero-order chi connectivity index (χ0) is 23.2. The average molecular weight is 443 g/mol. The monoisotopic (exact) mass is 442 g/mol. The van der Waals surface area contributed by atoms with E-state index in [2.05, 4.69) is 34.6 Å². The molecule has 1 unspecified atom stereocenters. The van der Waals surface area contributed by atoms with Crippen LogP contribution in [0.2, 0.25) is 0 Å². The van der Waals surface area contributed by atoms with Crippen LogP contribution in [0.25, 0.3) is 0 Å². The van der Waals surface area contributed by atoms with Crippen LogP contribution < -0.4 is 0 Å². The number of carbonyl (C=O) groups is 2. The van der Waals surface area contributed by atoms with E-state index in [4.69, 9.17) is 4.74 Å². The summed E-state index contributed by atoms with van der Waals surface area (Å²) in [5.41, 5.74) is 2.00. The number of aldehydes is 1. The van der Waals surface area contributed by atoms with Crippen LogP contribution in [0.15, 0.2) is 0 Å². The summed E-state index contributed by atoms with van der Waals surface area (Å²) in [5, 5.41) is 0. The van der Waals surface area contributed by atoms with Gasteiger partial charge in [0.05, 0.1) is 0 Å². The number of ether oxygens (including phenoxy) is 1. The highest BCUT2D eigenvalue weighted by atomic mass is 16.5. The van der Waals surface area contributed by atoms with E-state index in [1.54, 1.807) is 6.92 Å². The predicted molar refractivity (Wildman–Crippen MR) is 127 cm³/mol. The Kier molecular flexibility index (Phi) is 5.07. The SMILES string of the molecule is CC(=O)O[C@H]1CC[C@]23CC24CC[C@]2(C)[C@@H]([C@H](C)CCC=O)CC[C@@]2(C)[C@@H]4CC[C@H]3C1(C)C. The van der Waals surface area contributed by atoms with Crippen LogP contribution in [0.5, 0.6) is 0 Å². The molecule has 0 aromatic carbocycles. The number of fused-ring (bicyclic) bond motifs is 2. The van der Waals surface area contributed by atoms with E-state index in [0.717, 1.165) is 37.4 Å². The highest BCUT2D eigenvalue weighted by Gasteiger charge is 2.82. The van der Waals surface area contributed by atoms with Crippen molar-refractivity contribution in [2.24, 2.45) is 50.7 Å². The molecule has 0 bridgehead atoms. The van der Waals surface area contributed by atoms with Gasteiger partial charge in [-0.2, -0.15) is 0 Å². The highest BCUT2D eigenvalue weighted by Crippen LogP contribution is 2.89. The second-order valence-electron chi connectivity index (χ2n) is 13.8. The van der Waals surface area contributed by atoms with Crippen LogP contribution >= 0.6 is 0 Å². The molecule has 9 atom stereocenters. The fraction of sp³-hybridized carbons (Fsp3) is 0.931. The Morgan fingerprint density at radius 1 is 0.938 bits per heavy atom. The van der Waals surface area contributed by atoms with E-state index in [1.807, 2.05) is 0 Å². The summed E-state index contributed by atoms with van der Waals surface area (Å²) >= 11 is 0. The standard InChI is InChI=1S/C29H46O3/c1-19(8-7-17-30)21-11-13-27(6)23-10-9-22-25(3,4)24(32-20(2)31)12-14-28(22)18-29(23,28)16-15-26(21,27)5/h17,19,21-24H,7-16,18H2,1-6H3/t19-,21-,22+,23+,24+,26-,27+,28-,29?/m1/s1. The molecule has 5 rings (SSSR count). The van der Waals surface area contributed by atoms with Crippen LogP contribution in [0, 0.1) is 50.7 Å². The summed E-state index contributed by atoms with van der Waals surface area (Å²) < 4.78 is 5.87. The highest BCUT2D eigenvalue weighted by molar-refractivity contribution is 5.66. The quantitative estimate of drug-likeness (QED) is 0.341. The lowest BCUT2D eigenvalue weighted by Crippen LogP contribution is -2.58. The normalized spacial score (nSPS) is 51.4. The first-order valence-corrected chi connectivity index (χ1v) is 13.6. The van der Waals surface area contributed by atoms with E-state index in [9.17, 15) is 9.59 Å². The second-order valence-corrected chi connectivity index (χ2v) is 13.8. The molecule has 0 aliphatic heterocycles. The average Bonchev–Trinajstić information content (AvgIpc) is 3.31. The van der Waals surface area contributed by atoms with Gasteiger partial charge in [-0.25, -0.2) is 0 Å². The molecular weight excluding hydrogens is 396 g/mol. The van der Waals surface area contributed by atoms with E-state index in [0.29, 0.717) is 33.5 Å². The smallest absolute Gasteiger partial charge is 0.302 e. The van der Waals surface area contributed by atoms with Crippen molar-refractivity contribution < 1.29 is 14.3 Å². The van der Waals surface area contributed by atoms with Gasteiger partial charge in [0.1, 0.15) is 12.4 Å². The fourth-order valence-corrected chi connectivity index (χ4v) is 11.2. The minimum atomic E-state index is -0.111. The molecule has 5 saturated carbocycles. The van der Waals surface area contributed by atoms with Crippen LogP contribution in [0.3, 0.4) is 0 Å². The summed E-state index contributed by atoms with van der Waals surface area (Å²) in [7, 11) is 0. The summed E-state index contributed by atoms with van der Waals surface area (Å²) in [6, 6.07) is 0. The Morgan fingerprint density at radius 2 is 1.62 bits per heavy atom. The van der Waals surface area contributed by atoms with Gasteiger partial charge in [0.15, 0.2) is 0 Å². The number of esters is 1. The maximum Gasteiger partial charge on any atom is 0.302 e. The number of carbonyl (C=O) groups excluding carboxylic acids is 2. The van der Waals surface area contributed by atoms with Crippen LogP contribution in [-0.2, 0) is 14.3 Å². The molecule has 0 aromatic rings. The van der Waals surface area contributed by atoms with Crippen LogP contribution in [0.1, 0.15) is 112 Å². The van der Waals surface area contributed by atoms with Gasteiger partial charge >= 0.3 is 5.97 Å². The molecule has 3 nitrogen and oxygen atoms in total. The summed E-state index contributed by atoms with van der Waals surface area (Å²) in [4.78, 5) is 22.8. The minimum Gasteiger partial charge on any atom is -0.462 e. The van der Waals surface area contributed by atoms with Gasteiger partial charge in [-0.05, 0) is 110 Å². The number of rotatable bonds is 5. The minimum absolute atomic E-state index is 0.0849. The van der Waals surface area contributed by atoms with Crippen molar-refractivity contribution in [3.8, 4) is 0 Å². The van der Waals surface area contributed by atoms with Crippen LogP contribution in [-0.4, -0.2) is 18.4 Å². The van der Waals surface area contributed by atoms with Crippen molar-refractivity contribution in [3.63, 3.8) is 0 Å². The topological polar surface area (TPSA) is 43.4 Å². The third-order valence-corrected chi connectivity index (χ3v) is 12.8. The first-order valence-electron chi connectivity index (χ1n) is 13.6. The summed E-state index contributed by atoms with van der Waals surface area (Å²) in [6.45, 7) is 14.1. The Labute approximate surface area is 195 Å². The maximum absolute atomic E-state index is 11.8. The second kappa shape index (κ2) is 7.08. The predicted octanol–water partition coefficient (Wildman–Crippen LogP) is 6.97. The molecule has 2 spiro atoms. The molecular formula is C29H46O3. The van der Waals surface area contributed by atoms with Gasteiger partial charge in [-0.3, -0.25) is 4.79 Å². The Hall–Kier alpha value is -0.860. The van der Waals surface area contributed by atoms with E-state index in [-0.39, 0.29) is 17.5 Å². The fourth-order valence-electron chi connectivity index (χ4n) is 11.2. The third-order valence-electron chi connectivity index (χ3n) is 12.8. The lowest BCUT2D eigenvalue weighted by molar-refractivity contribution is -0.181. The molecule has 0 N–H and O–H groups in total. The van der Waals surface area contributed by atoms with Crippen molar-refractivity contribution >= 4 is 12.3 Å². The number of hydrogen-bond donors (Lipinski definition) is 0. The van der Waals surface area contributed by atoms with Gasteiger partial charge in [0.2, 0.25) is 0 Å². The first kappa shape index (κ1) is 22.9. The van der Waals surface area contributed by atoms with Gasteiger partial charge < -0.3 is 9.53 Å². The maximum atomic E-state index is 11.8. The van der Waals surface area contributed by atoms with Crippen molar-refractivity contribution in [1.29, 1.82) is 0 Å². The molecule has 180 valence electrons.